The second-order valence-corrected chi connectivity index (χ2v) is 4.60. The third-order valence-corrected chi connectivity index (χ3v) is 3.60. The Bertz CT molecular complexity index is 171. The molecule has 0 saturated carbocycles. The van der Waals surface area contributed by atoms with Crippen molar-refractivity contribution < 1.29 is 5.11 Å². The molecule has 2 rings (SSSR count). The minimum atomic E-state index is -0.0177. The van der Waals surface area contributed by atoms with Crippen molar-refractivity contribution in [1.29, 1.82) is 0 Å². The van der Waals surface area contributed by atoms with Gasteiger partial charge in [0.2, 0.25) is 0 Å². The normalized spacial score (nSPS) is 40.6. The lowest BCUT2D eigenvalue weighted by Gasteiger charge is -2.40. The van der Waals surface area contributed by atoms with E-state index in [1.807, 2.05) is 0 Å². The van der Waals surface area contributed by atoms with E-state index in [1.54, 1.807) is 0 Å². The number of aliphatic hydroxyl groups is 1. The summed E-state index contributed by atoms with van der Waals surface area (Å²) < 4.78 is 0. The third kappa shape index (κ3) is 1.89. The first-order valence-corrected chi connectivity index (χ1v) is 5.75. The summed E-state index contributed by atoms with van der Waals surface area (Å²) in [5.74, 6) is 0. The Morgan fingerprint density at radius 3 is 3.00 bits per heavy atom. The van der Waals surface area contributed by atoms with Crippen LogP contribution in [0.4, 0.5) is 0 Å². The van der Waals surface area contributed by atoms with Gasteiger partial charge in [-0.1, -0.05) is 13.3 Å². The first kappa shape index (κ1) is 9.47. The Kier molecular flexibility index (Phi) is 2.89. The zero-order valence-electron chi connectivity index (χ0n) is 8.58. The van der Waals surface area contributed by atoms with Crippen LogP contribution in [0.1, 0.15) is 45.4 Å². The zero-order valence-corrected chi connectivity index (χ0v) is 8.58. The van der Waals surface area contributed by atoms with Crippen LogP contribution in [-0.2, 0) is 0 Å². The van der Waals surface area contributed by atoms with Crippen molar-refractivity contribution in [2.24, 2.45) is 0 Å². The number of nitrogens with zero attached hydrogens (tertiary/aromatic N) is 1. The Morgan fingerprint density at radius 1 is 1.38 bits per heavy atom. The monoisotopic (exact) mass is 183 g/mol. The molecule has 0 aliphatic carbocycles. The van der Waals surface area contributed by atoms with E-state index in [0.29, 0.717) is 12.1 Å². The van der Waals surface area contributed by atoms with Gasteiger partial charge in [-0.2, -0.15) is 0 Å². The molecule has 76 valence electrons. The summed E-state index contributed by atoms with van der Waals surface area (Å²) in [4.78, 5) is 2.65. The fraction of sp³-hybridized carbons (Fsp3) is 1.00. The predicted molar refractivity (Wildman–Crippen MR) is 53.7 cm³/mol. The zero-order chi connectivity index (χ0) is 9.26. The van der Waals surface area contributed by atoms with Crippen LogP contribution in [0.3, 0.4) is 0 Å². The van der Waals surface area contributed by atoms with E-state index < -0.39 is 0 Å². The minimum Gasteiger partial charge on any atom is -0.393 e. The topological polar surface area (TPSA) is 23.5 Å². The van der Waals surface area contributed by atoms with Crippen molar-refractivity contribution in [3.8, 4) is 0 Å². The summed E-state index contributed by atoms with van der Waals surface area (Å²) in [6.07, 6.45) is 7.21. The second-order valence-electron chi connectivity index (χ2n) is 4.60. The van der Waals surface area contributed by atoms with Gasteiger partial charge in [0, 0.05) is 12.1 Å². The Hall–Kier alpha value is -0.0800. The molecule has 2 fully saturated rings. The smallest absolute Gasteiger partial charge is 0.0570 e. The third-order valence-electron chi connectivity index (χ3n) is 3.60. The summed E-state index contributed by atoms with van der Waals surface area (Å²) in [6.45, 7) is 3.52. The van der Waals surface area contributed by atoms with Crippen molar-refractivity contribution in [3.63, 3.8) is 0 Å². The number of rotatable bonds is 2. The standard InChI is InChI=1S/C11H21NO/c1-2-4-9-7-11(13)8-10-5-3-6-12(9)10/h9-11,13H,2-8H2,1H3/t9-,10+,11+/m1/s1. The van der Waals surface area contributed by atoms with Crippen molar-refractivity contribution in [2.45, 2.75) is 63.6 Å². The molecule has 13 heavy (non-hydrogen) atoms. The first-order chi connectivity index (χ1) is 6.31. The molecule has 2 heteroatoms. The maximum absolute atomic E-state index is 9.73. The summed E-state index contributed by atoms with van der Waals surface area (Å²) in [5.41, 5.74) is 0. The average Bonchev–Trinajstić information content (AvgIpc) is 2.52. The van der Waals surface area contributed by atoms with Crippen LogP contribution >= 0.6 is 0 Å². The number of hydrogen-bond donors (Lipinski definition) is 1. The molecule has 2 aliphatic heterocycles. The largest absolute Gasteiger partial charge is 0.393 e. The van der Waals surface area contributed by atoms with E-state index in [1.165, 1.54) is 32.2 Å². The maximum atomic E-state index is 9.73. The van der Waals surface area contributed by atoms with Crippen LogP contribution in [0.5, 0.6) is 0 Å². The maximum Gasteiger partial charge on any atom is 0.0570 e. The Balaban J connectivity index is 1.99. The molecule has 0 bridgehead atoms. The van der Waals surface area contributed by atoms with Crippen LogP contribution in [0.2, 0.25) is 0 Å². The SMILES string of the molecule is CCC[C@@H]1C[C@H](O)C[C@@H]2CCCN12. The Morgan fingerprint density at radius 2 is 2.23 bits per heavy atom. The van der Waals surface area contributed by atoms with Crippen LogP contribution in [0.15, 0.2) is 0 Å². The van der Waals surface area contributed by atoms with Crippen molar-refractivity contribution >= 4 is 0 Å². The van der Waals surface area contributed by atoms with Gasteiger partial charge in [-0.15, -0.1) is 0 Å². The van der Waals surface area contributed by atoms with Crippen LogP contribution in [0.25, 0.3) is 0 Å². The minimum absolute atomic E-state index is 0.0177. The molecule has 3 atom stereocenters. The summed E-state index contributed by atoms with van der Waals surface area (Å²) in [6, 6.07) is 1.39. The van der Waals surface area contributed by atoms with Crippen LogP contribution < -0.4 is 0 Å². The van der Waals surface area contributed by atoms with E-state index in [9.17, 15) is 5.11 Å². The Labute approximate surface area is 80.9 Å². The predicted octanol–water partition coefficient (Wildman–Crippen LogP) is 1.77. The highest BCUT2D eigenvalue weighted by Crippen LogP contribution is 2.32. The molecule has 0 aromatic carbocycles. The molecule has 2 nitrogen and oxygen atoms in total. The van der Waals surface area contributed by atoms with Gasteiger partial charge in [0.25, 0.3) is 0 Å². The average molecular weight is 183 g/mol. The second kappa shape index (κ2) is 3.97. The van der Waals surface area contributed by atoms with Crippen molar-refractivity contribution in [2.75, 3.05) is 6.54 Å². The van der Waals surface area contributed by atoms with Gasteiger partial charge in [-0.05, 0) is 38.6 Å². The van der Waals surface area contributed by atoms with Gasteiger partial charge in [0.15, 0.2) is 0 Å². The molecule has 2 saturated heterocycles. The molecule has 0 aromatic heterocycles. The molecule has 0 radical (unpaired) electrons. The van der Waals surface area contributed by atoms with Gasteiger partial charge < -0.3 is 5.11 Å². The molecule has 2 heterocycles. The lowest BCUT2D eigenvalue weighted by Crippen LogP contribution is -2.47. The van der Waals surface area contributed by atoms with Crippen molar-refractivity contribution in [3.05, 3.63) is 0 Å². The van der Waals surface area contributed by atoms with E-state index >= 15 is 0 Å². The van der Waals surface area contributed by atoms with E-state index in [4.69, 9.17) is 0 Å². The van der Waals surface area contributed by atoms with E-state index in [-0.39, 0.29) is 6.10 Å². The summed E-state index contributed by atoms with van der Waals surface area (Å²) in [5, 5.41) is 9.73. The van der Waals surface area contributed by atoms with Gasteiger partial charge >= 0.3 is 0 Å². The molecule has 1 N–H and O–H groups in total. The van der Waals surface area contributed by atoms with Gasteiger partial charge in [0.1, 0.15) is 0 Å². The summed E-state index contributed by atoms with van der Waals surface area (Å²) >= 11 is 0. The molecule has 0 unspecified atom stereocenters. The van der Waals surface area contributed by atoms with Gasteiger partial charge in [0.05, 0.1) is 6.10 Å². The van der Waals surface area contributed by atoms with E-state index in [2.05, 4.69) is 11.8 Å². The molecule has 0 aromatic rings. The number of piperidine rings is 1. The lowest BCUT2D eigenvalue weighted by atomic mass is 9.92. The highest BCUT2D eigenvalue weighted by Gasteiger charge is 2.36. The van der Waals surface area contributed by atoms with Gasteiger partial charge in [-0.25, -0.2) is 0 Å². The number of hydrogen-bond acceptors (Lipinski definition) is 2. The van der Waals surface area contributed by atoms with E-state index in [0.717, 1.165) is 12.8 Å². The van der Waals surface area contributed by atoms with Crippen LogP contribution in [-0.4, -0.2) is 34.7 Å². The fourth-order valence-electron chi connectivity index (χ4n) is 3.07. The van der Waals surface area contributed by atoms with Crippen LogP contribution in [0, 0.1) is 0 Å². The van der Waals surface area contributed by atoms with Gasteiger partial charge in [-0.3, -0.25) is 4.90 Å². The fourth-order valence-corrected chi connectivity index (χ4v) is 3.07. The highest BCUT2D eigenvalue weighted by molar-refractivity contribution is 4.92. The molecule has 2 aliphatic rings. The molecular weight excluding hydrogens is 162 g/mol. The van der Waals surface area contributed by atoms with Crippen molar-refractivity contribution in [1.82, 2.24) is 4.90 Å². The first-order valence-electron chi connectivity index (χ1n) is 5.75. The molecule has 0 spiro atoms. The highest BCUT2D eigenvalue weighted by atomic mass is 16.3. The quantitative estimate of drug-likeness (QED) is 0.705. The lowest BCUT2D eigenvalue weighted by molar-refractivity contribution is 0.0184. The molecular formula is C11H21NO. The summed E-state index contributed by atoms with van der Waals surface area (Å²) in [7, 11) is 0. The number of aliphatic hydroxyl groups excluding tert-OH is 1. The number of fused-ring (bicyclic) bond motifs is 1. The molecule has 0 amide bonds.